The van der Waals surface area contributed by atoms with Crippen molar-refractivity contribution < 1.29 is 14.3 Å². The molecule has 0 saturated carbocycles. The van der Waals surface area contributed by atoms with Crippen molar-refractivity contribution in [1.29, 1.82) is 0 Å². The lowest BCUT2D eigenvalue weighted by molar-refractivity contribution is -0.137. The van der Waals surface area contributed by atoms with Crippen molar-refractivity contribution in [3.63, 3.8) is 0 Å². The van der Waals surface area contributed by atoms with Crippen LogP contribution in [-0.2, 0) is 4.79 Å². The van der Waals surface area contributed by atoms with Gasteiger partial charge in [-0.3, -0.25) is 4.79 Å². The molecule has 1 fully saturated rings. The van der Waals surface area contributed by atoms with Crippen molar-refractivity contribution in [3.05, 3.63) is 24.3 Å². The van der Waals surface area contributed by atoms with E-state index >= 15 is 0 Å². The molecule has 2 heterocycles. The Morgan fingerprint density at radius 3 is 2.83 bits per heavy atom. The number of halogens is 1. The summed E-state index contributed by atoms with van der Waals surface area (Å²) in [7, 11) is 0. The first kappa shape index (κ1) is 17.9. The third-order valence-electron chi connectivity index (χ3n) is 4.33. The van der Waals surface area contributed by atoms with Gasteiger partial charge in [0.25, 0.3) is 0 Å². The zero-order valence-electron chi connectivity index (χ0n) is 13.5. The number of nitrogens with zero attached hydrogens (tertiary/aromatic N) is 1. The maximum atomic E-state index is 12.6. The van der Waals surface area contributed by atoms with Gasteiger partial charge in [-0.2, -0.15) is 0 Å². The Hall–Kier alpha value is -1.46. The summed E-state index contributed by atoms with van der Waals surface area (Å²) in [6.07, 6.45) is 1.95. The van der Waals surface area contributed by atoms with Crippen LogP contribution in [0.2, 0.25) is 0 Å². The number of rotatable bonds is 4. The monoisotopic (exact) mass is 340 g/mol. The third kappa shape index (κ3) is 4.30. The van der Waals surface area contributed by atoms with Crippen LogP contribution >= 0.6 is 12.4 Å². The molecule has 2 unspecified atom stereocenters. The highest BCUT2D eigenvalue weighted by Gasteiger charge is 2.29. The summed E-state index contributed by atoms with van der Waals surface area (Å²) in [5, 5.41) is 3.31. The van der Waals surface area contributed by atoms with Crippen molar-refractivity contribution >= 4 is 18.3 Å². The second-order valence-electron chi connectivity index (χ2n) is 5.92. The Labute approximate surface area is 143 Å². The molecule has 2 aliphatic heterocycles. The number of fused-ring (bicyclic) bond motifs is 1. The molecule has 1 saturated heterocycles. The second-order valence-corrected chi connectivity index (χ2v) is 5.92. The fourth-order valence-corrected chi connectivity index (χ4v) is 3.09. The molecule has 1 aromatic carbocycles. The van der Waals surface area contributed by atoms with Crippen LogP contribution in [0.3, 0.4) is 0 Å². The number of likely N-dealkylation sites (N-methyl/N-ethyl adjacent to an activating group) is 1. The van der Waals surface area contributed by atoms with E-state index in [0.717, 1.165) is 37.4 Å². The Balaban J connectivity index is 0.00000192. The van der Waals surface area contributed by atoms with Gasteiger partial charge in [-0.15, -0.1) is 12.4 Å². The highest BCUT2D eigenvalue weighted by atomic mass is 35.5. The first-order valence-corrected chi connectivity index (χ1v) is 8.16. The molecule has 1 N–H and O–H groups in total. The van der Waals surface area contributed by atoms with Crippen LogP contribution in [0.25, 0.3) is 0 Å². The Morgan fingerprint density at radius 1 is 1.35 bits per heavy atom. The van der Waals surface area contributed by atoms with E-state index in [1.54, 1.807) is 0 Å². The van der Waals surface area contributed by atoms with Gasteiger partial charge in [-0.25, -0.2) is 0 Å². The Morgan fingerprint density at radius 2 is 2.13 bits per heavy atom. The molecule has 2 atom stereocenters. The van der Waals surface area contributed by atoms with E-state index in [4.69, 9.17) is 9.47 Å². The summed E-state index contributed by atoms with van der Waals surface area (Å²) in [4.78, 5) is 14.5. The summed E-state index contributed by atoms with van der Waals surface area (Å²) >= 11 is 0. The van der Waals surface area contributed by atoms with Gasteiger partial charge in [0.15, 0.2) is 17.6 Å². The van der Waals surface area contributed by atoms with E-state index in [2.05, 4.69) is 5.32 Å². The SMILES string of the molecule is CCN(CC1COc2ccccc2O1)C(=O)C1CCCNC1.Cl. The molecule has 0 bridgehead atoms. The standard InChI is InChI=1S/C17H24N2O3.ClH/c1-2-19(17(20)13-6-5-9-18-10-13)11-14-12-21-15-7-3-4-8-16(15)22-14;/h3-4,7-8,13-14,18H,2,5-6,9-12H2,1H3;1H. The van der Waals surface area contributed by atoms with Crippen LogP contribution in [0.5, 0.6) is 11.5 Å². The van der Waals surface area contributed by atoms with Gasteiger partial charge in [-0.1, -0.05) is 12.1 Å². The minimum absolute atomic E-state index is 0. The van der Waals surface area contributed by atoms with E-state index < -0.39 is 0 Å². The average Bonchev–Trinajstić information content (AvgIpc) is 2.59. The van der Waals surface area contributed by atoms with Gasteiger partial charge in [0.05, 0.1) is 12.5 Å². The molecule has 5 nitrogen and oxygen atoms in total. The Kier molecular flexibility index (Phi) is 6.54. The average molecular weight is 341 g/mol. The molecule has 0 radical (unpaired) electrons. The minimum Gasteiger partial charge on any atom is -0.486 e. The quantitative estimate of drug-likeness (QED) is 0.912. The van der Waals surface area contributed by atoms with Crippen molar-refractivity contribution in [2.75, 3.05) is 32.8 Å². The summed E-state index contributed by atoms with van der Waals surface area (Å²) in [5.74, 6) is 1.88. The third-order valence-corrected chi connectivity index (χ3v) is 4.33. The first-order chi connectivity index (χ1) is 10.8. The number of para-hydroxylation sites is 2. The van der Waals surface area contributed by atoms with Crippen molar-refractivity contribution in [2.24, 2.45) is 5.92 Å². The first-order valence-electron chi connectivity index (χ1n) is 8.16. The summed E-state index contributed by atoms with van der Waals surface area (Å²) < 4.78 is 11.7. The van der Waals surface area contributed by atoms with Gasteiger partial charge in [-0.05, 0) is 38.4 Å². The Bertz CT molecular complexity index is 520. The number of nitrogens with one attached hydrogen (secondary N) is 1. The number of carbonyl (C=O) groups excluding carboxylic acids is 1. The van der Waals surface area contributed by atoms with Crippen LogP contribution in [0.15, 0.2) is 24.3 Å². The molecule has 128 valence electrons. The van der Waals surface area contributed by atoms with Crippen molar-refractivity contribution in [3.8, 4) is 11.5 Å². The van der Waals surface area contributed by atoms with Crippen LogP contribution in [0.1, 0.15) is 19.8 Å². The number of hydrogen-bond donors (Lipinski definition) is 1. The lowest BCUT2D eigenvalue weighted by atomic mass is 9.98. The molecule has 1 aromatic rings. The van der Waals surface area contributed by atoms with Gasteiger partial charge < -0.3 is 19.7 Å². The molecule has 3 rings (SSSR count). The maximum absolute atomic E-state index is 12.6. The fourth-order valence-electron chi connectivity index (χ4n) is 3.09. The molecule has 0 spiro atoms. The number of amides is 1. The predicted molar refractivity (Wildman–Crippen MR) is 91.4 cm³/mol. The largest absolute Gasteiger partial charge is 0.486 e. The highest BCUT2D eigenvalue weighted by molar-refractivity contribution is 5.85. The molecular weight excluding hydrogens is 316 g/mol. The van der Waals surface area contributed by atoms with E-state index in [1.165, 1.54) is 0 Å². The summed E-state index contributed by atoms with van der Waals surface area (Å²) in [6.45, 7) is 5.61. The number of benzene rings is 1. The van der Waals surface area contributed by atoms with E-state index in [9.17, 15) is 4.79 Å². The molecular formula is C17H25ClN2O3. The zero-order chi connectivity index (χ0) is 15.4. The molecule has 2 aliphatic rings. The second kappa shape index (κ2) is 8.41. The van der Waals surface area contributed by atoms with Gasteiger partial charge in [0, 0.05) is 13.1 Å². The van der Waals surface area contributed by atoms with E-state index in [-0.39, 0.29) is 30.3 Å². The zero-order valence-corrected chi connectivity index (χ0v) is 14.3. The normalized spacial score (nSPS) is 22.8. The van der Waals surface area contributed by atoms with E-state index in [1.807, 2.05) is 36.1 Å². The molecule has 0 aromatic heterocycles. The molecule has 0 aliphatic carbocycles. The topological polar surface area (TPSA) is 50.8 Å². The van der Waals surface area contributed by atoms with Gasteiger partial charge in [0.1, 0.15) is 6.61 Å². The van der Waals surface area contributed by atoms with Gasteiger partial charge >= 0.3 is 0 Å². The minimum atomic E-state index is -0.102. The van der Waals surface area contributed by atoms with E-state index in [0.29, 0.717) is 19.7 Å². The van der Waals surface area contributed by atoms with Crippen LogP contribution in [0, 0.1) is 5.92 Å². The fraction of sp³-hybridized carbons (Fsp3) is 0.588. The molecule has 23 heavy (non-hydrogen) atoms. The summed E-state index contributed by atoms with van der Waals surface area (Å²) in [6, 6.07) is 7.67. The van der Waals surface area contributed by atoms with Crippen molar-refractivity contribution in [1.82, 2.24) is 10.2 Å². The number of carbonyl (C=O) groups is 1. The van der Waals surface area contributed by atoms with Crippen LogP contribution in [0.4, 0.5) is 0 Å². The lowest BCUT2D eigenvalue weighted by Crippen LogP contribution is -2.48. The summed E-state index contributed by atoms with van der Waals surface area (Å²) in [5.41, 5.74) is 0. The van der Waals surface area contributed by atoms with Crippen LogP contribution < -0.4 is 14.8 Å². The highest BCUT2D eigenvalue weighted by Crippen LogP contribution is 2.31. The number of piperidine rings is 1. The van der Waals surface area contributed by atoms with Gasteiger partial charge in [0.2, 0.25) is 5.91 Å². The molecule has 1 amide bonds. The van der Waals surface area contributed by atoms with Crippen molar-refractivity contribution in [2.45, 2.75) is 25.9 Å². The predicted octanol–water partition coefficient (Wildman–Crippen LogP) is 2.10. The molecule has 6 heteroatoms. The smallest absolute Gasteiger partial charge is 0.227 e. The maximum Gasteiger partial charge on any atom is 0.227 e. The lowest BCUT2D eigenvalue weighted by Gasteiger charge is -2.33. The number of hydrogen-bond acceptors (Lipinski definition) is 4. The number of ether oxygens (including phenoxy) is 2. The van der Waals surface area contributed by atoms with Crippen LogP contribution in [-0.4, -0.2) is 49.7 Å².